The lowest BCUT2D eigenvalue weighted by Crippen LogP contribution is -2.41. The summed E-state index contributed by atoms with van der Waals surface area (Å²) in [7, 11) is 0. The molecule has 6 aromatic rings. The number of fused-ring (bicyclic) bond motifs is 3. The van der Waals surface area contributed by atoms with Gasteiger partial charge in [0, 0.05) is 147 Å². The molecule has 0 unspecified atom stereocenters. The largest absolute Gasteiger partial charge is 0.393 e. The van der Waals surface area contributed by atoms with Crippen molar-refractivity contribution in [1.82, 2.24) is 58.3 Å². The minimum Gasteiger partial charge on any atom is -0.393 e. The van der Waals surface area contributed by atoms with Gasteiger partial charge in [-0.2, -0.15) is 15.0 Å². The van der Waals surface area contributed by atoms with Crippen LogP contribution in [0.2, 0.25) is 0 Å². The molecule has 21 nitrogen and oxygen atoms in total. The van der Waals surface area contributed by atoms with Gasteiger partial charge in [0.05, 0.1) is 18.3 Å². The minimum absolute atomic E-state index is 0.171. The van der Waals surface area contributed by atoms with Crippen LogP contribution < -0.4 is 16.0 Å². The first-order valence-electron chi connectivity index (χ1n) is 42.4. The molecule has 3 amide bonds. The zero-order valence-electron chi connectivity index (χ0n) is 65.2. The van der Waals surface area contributed by atoms with Gasteiger partial charge in [-0.05, 0) is 222 Å². The second kappa shape index (κ2) is 37.6. The number of hydrogen-bond donors (Lipinski definition) is 6. The minimum atomic E-state index is -0.172. The number of aliphatic hydroxyl groups excluding tert-OH is 3. The predicted octanol–water partition coefficient (Wildman–Crippen LogP) is 16.6. The number of piperidine rings is 3. The van der Waals surface area contributed by atoms with Crippen molar-refractivity contribution in [3.05, 3.63) is 53.9 Å². The molecule has 21 heteroatoms. The fraction of sp³-hybridized carbons (Fsp3) is 0.750. The van der Waals surface area contributed by atoms with Crippen LogP contribution >= 0.6 is 0 Å². The van der Waals surface area contributed by atoms with Gasteiger partial charge in [-0.25, -0.2) is 15.0 Å². The first kappa shape index (κ1) is 78.1. The summed E-state index contributed by atoms with van der Waals surface area (Å²) >= 11 is 0. The van der Waals surface area contributed by atoms with Crippen molar-refractivity contribution in [1.29, 1.82) is 0 Å². The van der Waals surface area contributed by atoms with E-state index in [0.29, 0.717) is 96.0 Å². The number of hydrogen-bond acceptors (Lipinski definition) is 15. The Bertz CT molecular complexity index is 3550. The summed E-state index contributed by atoms with van der Waals surface area (Å²) in [5.41, 5.74) is 7.06. The Kier molecular flexibility index (Phi) is 28.0. The Morgan fingerprint density at radius 2 is 0.676 bits per heavy atom. The van der Waals surface area contributed by atoms with E-state index in [9.17, 15) is 29.7 Å². The van der Waals surface area contributed by atoms with Crippen molar-refractivity contribution in [2.75, 3.05) is 55.2 Å². The molecule has 3 atom stereocenters. The number of rotatable bonds is 22. The number of nitrogens with one attached hydrogen (secondary N) is 3. The van der Waals surface area contributed by atoms with E-state index in [1.165, 1.54) is 55.2 Å². The van der Waals surface area contributed by atoms with Crippen LogP contribution in [-0.4, -0.2) is 167 Å². The maximum atomic E-state index is 13.1. The van der Waals surface area contributed by atoms with Crippen molar-refractivity contribution in [2.45, 2.75) is 352 Å². The van der Waals surface area contributed by atoms with Crippen molar-refractivity contribution in [2.24, 2.45) is 11.8 Å². The average Bonchev–Trinajstić information content (AvgIpc) is 1.63. The van der Waals surface area contributed by atoms with Crippen LogP contribution in [0.25, 0.3) is 33.1 Å². The predicted molar refractivity (Wildman–Crippen MR) is 421 cm³/mol. The molecule has 578 valence electrons. The maximum Gasteiger partial charge on any atom is 0.225 e. The van der Waals surface area contributed by atoms with Crippen LogP contribution in [0.1, 0.15) is 332 Å². The van der Waals surface area contributed by atoms with E-state index in [2.05, 4.69) is 111 Å². The van der Waals surface area contributed by atoms with E-state index in [4.69, 9.17) is 24.9 Å². The summed E-state index contributed by atoms with van der Waals surface area (Å²) in [6.45, 7) is 20.3. The first-order valence-corrected chi connectivity index (χ1v) is 42.4. The van der Waals surface area contributed by atoms with Gasteiger partial charge in [0.2, 0.25) is 35.6 Å². The number of likely N-dealkylation sites (tertiary alicyclic amines) is 3. The highest BCUT2D eigenvalue weighted by Gasteiger charge is 2.36. The molecular weight excluding hydrogens is 1320 g/mol. The molecule has 5 aliphatic carbocycles. The van der Waals surface area contributed by atoms with Crippen LogP contribution in [-0.2, 0) is 14.4 Å². The van der Waals surface area contributed by atoms with E-state index >= 15 is 0 Å². The lowest BCUT2D eigenvalue weighted by Gasteiger charge is -2.35. The number of carbonyl (C=O) groups excluding carboxylic acids is 3. The highest BCUT2D eigenvalue weighted by molar-refractivity contribution is 5.85. The zero-order chi connectivity index (χ0) is 73.5. The number of amides is 3. The molecule has 14 rings (SSSR count). The smallest absolute Gasteiger partial charge is 0.225 e. The molecule has 3 aliphatic heterocycles. The first-order chi connectivity index (χ1) is 51.1. The van der Waals surface area contributed by atoms with Crippen LogP contribution in [0.4, 0.5) is 17.8 Å². The van der Waals surface area contributed by atoms with Gasteiger partial charge in [-0.15, -0.1) is 0 Å². The van der Waals surface area contributed by atoms with E-state index in [1.54, 1.807) is 0 Å². The summed E-state index contributed by atoms with van der Waals surface area (Å²) in [6.07, 6.45) is 49.4. The second-order valence-corrected chi connectivity index (χ2v) is 33.4. The third-order valence-electron chi connectivity index (χ3n) is 25.4. The zero-order valence-corrected chi connectivity index (χ0v) is 65.2. The van der Waals surface area contributed by atoms with Crippen molar-refractivity contribution in [3.63, 3.8) is 0 Å². The number of anilines is 3. The summed E-state index contributed by atoms with van der Waals surface area (Å²) in [5.74, 6) is 5.00. The van der Waals surface area contributed by atoms with Crippen LogP contribution in [0, 0.1) is 11.8 Å². The Morgan fingerprint density at radius 1 is 0.390 bits per heavy atom. The van der Waals surface area contributed by atoms with E-state index in [0.717, 1.165) is 259 Å². The topological polar surface area (TPSA) is 250 Å². The van der Waals surface area contributed by atoms with Crippen molar-refractivity contribution >= 4 is 68.7 Å². The SMILES string of the molecule is CCCC(=O)N1CCC(c2cn(C3CCC(O)CC3)c3nc(N[C@@H](C)CCC)ncc23)CC1.CCC[C@H](C)Nc1ncc2c(C3CCN(C(=O)C4CCCCC4)CC3)cn(C3CCC(O)CC3)c2n1.CCC[C@H](C)Nc1ncc2c(C3CCN(C(=O)C4CCCCC4)CC3)cn(C3CCC(O)CC3)c2n1. The summed E-state index contributed by atoms with van der Waals surface area (Å²) in [5, 5.41) is 44.1. The molecule has 6 aromatic heterocycles. The number of aromatic nitrogens is 9. The average molecular weight is 1450 g/mol. The maximum absolute atomic E-state index is 13.1. The lowest BCUT2D eigenvalue weighted by molar-refractivity contribution is -0.138. The highest BCUT2D eigenvalue weighted by Crippen LogP contribution is 2.44. The summed E-state index contributed by atoms with van der Waals surface area (Å²) in [6, 6.07) is 2.12. The molecule has 8 fully saturated rings. The normalized spacial score (nSPS) is 24.6. The Balaban J connectivity index is 0.000000148. The third kappa shape index (κ3) is 19.7. The molecule has 0 aromatic carbocycles. The number of carbonyl (C=O) groups is 3. The van der Waals surface area contributed by atoms with Gasteiger partial charge < -0.3 is 59.7 Å². The van der Waals surface area contributed by atoms with Crippen LogP contribution in [0.15, 0.2) is 37.2 Å². The molecule has 0 radical (unpaired) electrons. The van der Waals surface area contributed by atoms with Crippen molar-refractivity contribution in [3.8, 4) is 0 Å². The molecule has 6 N–H and O–H groups in total. The molecule has 105 heavy (non-hydrogen) atoms. The van der Waals surface area contributed by atoms with Crippen LogP contribution in [0.3, 0.4) is 0 Å². The van der Waals surface area contributed by atoms with Gasteiger partial charge in [0.1, 0.15) is 16.9 Å². The lowest BCUT2D eigenvalue weighted by atomic mass is 9.86. The molecule has 0 bridgehead atoms. The molecule has 8 aliphatic rings. The molecule has 5 saturated carbocycles. The van der Waals surface area contributed by atoms with Gasteiger partial charge in [0.25, 0.3) is 0 Å². The Labute approximate surface area is 626 Å². The second-order valence-electron chi connectivity index (χ2n) is 33.4. The molecule has 9 heterocycles. The third-order valence-corrected chi connectivity index (χ3v) is 25.4. The van der Waals surface area contributed by atoms with Gasteiger partial charge in [-0.3, -0.25) is 14.4 Å². The molecule has 3 saturated heterocycles. The summed E-state index contributed by atoms with van der Waals surface area (Å²) in [4.78, 5) is 74.0. The summed E-state index contributed by atoms with van der Waals surface area (Å²) < 4.78 is 7.13. The Morgan fingerprint density at radius 3 is 0.952 bits per heavy atom. The Hall–Kier alpha value is -6.45. The standard InChI is InChI=1S/2C29H45N5O2.C26H41N5O2/c2*1-3-7-20(2)31-29-30-18-25-26(19-34(27(25)32-29)23-10-12-24(35)13-11-23)21-14-16-33(17-15-21)28(36)22-8-5-4-6-9-22;1-4-6-18(3)28-26-27-16-22-23(19-12-14-30(15-13-19)24(33)7-5-2)17-31(25(22)29-26)20-8-10-21(32)11-9-20/h2*18-24,35H,3-17H2,1-2H3,(H,30,31,32);16-21,32H,4-15H2,1-3H3,(H,27,28,29)/t2*20-,23?,24?;18-,20?,21?/m000/s1. The van der Waals surface area contributed by atoms with Gasteiger partial charge in [-0.1, -0.05) is 85.5 Å². The van der Waals surface area contributed by atoms with E-state index in [-0.39, 0.29) is 30.1 Å². The van der Waals surface area contributed by atoms with E-state index in [1.807, 2.05) is 23.5 Å². The van der Waals surface area contributed by atoms with Crippen molar-refractivity contribution < 1.29 is 29.7 Å². The number of nitrogens with zero attached hydrogens (tertiary/aromatic N) is 12. The highest BCUT2D eigenvalue weighted by atomic mass is 16.3. The monoisotopic (exact) mass is 1450 g/mol. The fourth-order valence-corrected chi connectivity index (χ4v) is 19.2. The van der Waals surface area contributed by atoms with Crippen LogP contribution in [0.5, 0.6) is 0 Å². The molecular formula is C84H131N15O6. The van der Waals surface area contributed by atoms with Gasteiger partial charge in [0.15, 0.2) is 0 Å². The number of aliphatic hydroxyl groups is 3. The van der Waals surface area contributed by atoms with Gasteiger partial charge >= 0.3 is 0 Å². The fourth-order valence-electron chi connectivity index (χ4n) is 19.2. The quantitative estimate of drug-likeness (QED) is 0.0370. The van der Waals surface area contributed by atoms with E-state index < -0.39 is 0 Å². The molecule has 0 spiro atoms.